The van der Waals surface area contributed by atoms with Crippen molar-refractivity contribution in [2.24, 2.45) is 5.73 Å². The quantitative estimate of drug-likeness (QED) is 0.357. The summed E-state index contributed by atoms with van der Waals surface area (Å²) in [6.45, 7) is 0. The smallest absolute Gasteiger partial charge is 0.372 e. The van der Waals surface area contributed by atoms with E-state index in [-0.39, 0.29) is 0 Å². The Balaban J connectivity index is 2.38. The van der Waals surface area contributed by atoms with Gasteiger partial charge in [-0.2, -0.15) is 4.39 Å². The van der Waals surface area contributed by atoms with E-state index in [0.29, 0.717) is 0 Å². The molecule has 2 aliphatic rings. The van der Waals surface area contributed by atoms with Gasteiger partial charge in [0, 0.05) is 0 Å². The van der Waals surface area contributed by atoms with Crippen LogP contribution in [0.3, 0.4) is 0 Å². The number of alkyl halides is 2. The van der Waals surface area contributed by atoms with Gasteiger partial charge in [-0.1, -0.05) is 0 Å². The van der Waals surface area contributed by atoms with Gasteiger partial charge in [0.15, 0.2) is 6.17 Å². The van der Waals surface area contributed by atoms with Crippen molar-refractivity contribution >= 4 is 11.9 Å². The summed E-state index contributed by atoms with van der Waals surface area (Å²) >= 11 is 0. The number of carbonyl (C=O) groups is 2. The fraction of sp³-hybridized carbons (Fsp3) is 0.800. The highest BCUT2D eigenvalue weighted by atomic mass is 19.2. The third-order valence-corrected chi connectivity index (χ3v) is 3.51. The summed E-state index contributed by atoms with van der Waals surface area (Å²) in [5.41, 5.74) is 5.42. The number of aliphatic hydroxyl groups is 2. The zero-order valence-electron chi connectivity index (χ0n) is 10.1. The van der Waals surface area contributed by atoms with Crippen molar-refractivity contribution in [2.75, 3.05) is 0 Å². The Morgan fingerprint density at radius 2 is 2.10 bits per heavy atom. The van der Waals surface area contributed by atoms with Gasteiger partial charge in [0.05, 0.1) is 24.6 Å². The van der Waals surface area contributed by atoms with Crippen molar-refractivity contribution in [1.29, 1.82) is 0 Å². The van der Waals surface area contributed by atoms with E-state index in [9.17, 15) is 28.6 Å². The van der Waals surface area contributed by atoms with Gasteiger partial charge in [-0.3, -0.25) is 4.79 Å². The normalized spacial score (nSPS) is 49.0. The number of hydrogen-bond acceptors (Lipinski definition) is 6. The number of nitrogens with one attached hydrogen (secondary N) is 1. The van der Waals surface area contributed by atoms with Gasteiger partial charge in [0.2, 0.25) is 5.91 Å². The van der Waals surface area contributed by atoms with E-state index in [0.717, 1.165) is 0 Å². The molecule has 8 nitrogen and oxygen atoms in total. The fourth-order valence-corrected chi connectivity index (χ4v) is 2.39. The Labute approximate surface area is 111 Å². The first kappa shape index (κ1) is 15.0. The van der Waals surface area contributed by atoms with Crippen LogP contribution >= 0.6 is 0 Å². The first-order chi connectivity index (χ1) is 9.18. The van der Waals surface area contributed by atoms with Crippen LogP contribution in [0.4, 0.5) is 8.78 Å². The molecular formula is C10H14F2N2O6. The van der Waals surface area contributed by atoms with E-state index >= 15 is 0 Å². The SMILES string of the molecule is NC1C2NC(=O)C[C@@H](O)[C@@H](O)C2O[C@@](F)(C(=O)O)C1F. The van der Waals surface area contributed by atoms with Gasteiger partial charge in [0.1, 0.15) is 12.2 Å². The lowest BCUT2D eigenvalue weighted by molar-refractivity contribution is -0.273. The molecule has 2 rings (SSSR count). The predicted octanol–water partition coefficient (Wildman–Crippen LogP) is -2.59. The zero-order chi connectivity index (χ0) is 15.2. The number of halogens is 2. The molecule has 2 fully saturated rings. The molecule has 6 N–H and O–H groups in total. The Morgan fingerprint density at radius 3 is 2.65 bits per heavy atom. The number of nitrogens with two attached hydrogens (primary N) is 1. The second kappa shape index (κ2) is 4.88. The largest absolute Gasteiger partial charge is 0.477 e. The second-order valence-corrected chi connectivity index (χ2v) is 4.87. The molecule has 0 aromatic heterocycles. The molecule has 0 bridgehead atoms. The molecule has 0 aliphatic carbocycles. The van der Waals surface area contributed by atoms with Crippen molar-refractivity contribution < 1.29 is 38.4 Å². The van der Waals surface area contributed by atoms with Crippen molar-refractivity contribution in [1.82, 2.24) is 5.32 Å². The minimum absolute atomic E-state index is 0.520. The summed E-state index contributed by atoms with van der Waals surface area (Å²) in [4.78, 5) is 22.2. The van der Waals surface area contributed by atoms with Crippen LogP contribution in [0.1, 0.15) is 6.42 Å². The molecule has 2 aliphatic heterocycles. The van der Waals surface area contributed by atoms with Crippen LogP contribution in [0.2, 0.25) is 0 Å². The summed E-state index contributed by atoms with van der Waals surface area (Å²) in [5.74, 6) is -6.73. The molecule has 4 unspecified atom stereocenters. The van der Waals surface area contributed by atoms with Gasteiger partial charge < -0.3 is 31.1 Å². The number of hydrogen-bond donors (Lipinski definition) is 5. The van der Waals surface area contributed by atoms with Gasteiger partial charge >= 0.3 is 11.8 Å². The number of amides is 1. The average molecular weight is 296 g/mol. The average Bonchev–Trinajstić information content (AvgIpc) is 2.47. The van der Waals surface area contributed by atoms with Gasteiger partial charge in [-0.15, -0.1) is 0 Å². The summed E-state index contributed by atoms with van der Waals surface area (Å²) in [6.07, 6.45) is -8.34. The number of aliphatic hydroxyl groups excluding tert-OH is 2. The Kier molecular flexibility index (Phi) is 3.67. The van der Waals surface area contributed by atoms with E-state index in [4.69, 9.17) is 10.8 Å². The van der Waals surface area contributed by atoms with E-state index in [1.165, 1.54) is 0 Å². The third-order valence-electron chi connectivity index (χ3n) is 3.51. The van der Waals surface area contributed by atoms with Crippen molar-refractivity contribution in [3.05, 3.63) is 0 Å². The molecule has 0 saturated carbocycles. The lowest BCUT2D eigenvalue weighted by Gasteiger charge is -2.44. The van der Waals surface area contributed by atoms with Gasteiger partial charge in [0.25, 0.3) is 0 Å². The van der Waals surface area contributed by atoms with Gasteiger partial charge in [-0.05, 0) is 0 Å². The van der Waals surface area contributed by atoms with Crippen LogP contribution in [-0.2, 0) is 14.3 Å². The Bertz CT molecular complexity index is 438. The maximum Gasteiger partial charge on any atom is 0.372 e. The topological polar surface area (TPSA) is 142 Å². The van der Waals surface area contributed by atoms with Crippen LogP contribution < -0.4 is 11.1 Å². The first-order valence-electron chi connectivity index (χ1n) is 5.83. The fourth-order valence-electron chi connectivity index (χ4n) is 2.39. The Morgan fingerprint density at radius 1 is 1.50 bits per heavy atom. The summed E-state index contributed by atoms with van der Waals surface area (Å²) in [7, 11) is 0. The van der Waals surface area contributed by atoms with Crippen LogP contribution in [0.25, 0.3) is 0 Å². The van der Waals surface area contributed by atoms with E-state index in [1.54, 1.807) is 0 Å². The van der Waals surface area contributed by atoms with Crippen molar-refractivity contribution in [3.8, 4) is 0 Å². The number of aliphatic carboxylic acids is 1. The van der Waals surface area contributed by atoms with Crippen LogP contribution in [0.15, 0.2) is 0 Å². The highest BCUT2D eigenvalue weighted by Gasteiger charge is 2.62. The zero-order valence-corrected chi connectivity index (χ0v) is 10.1. The minimum Gasteiger partial charge on any atom is -0.477 e. The Hall–Kier alpha value is -1.36. The maximum atomic E-state index is 14.1. The number of fused-ring (bicyclic) bond motifs is 1. The maximum absolute atomic E-state index is 14.1. The lowest BCUT2D eigenvalue weighted by Crippen LogP contribution is -2.72. The van der Waals surface area contributed by atoms with Crippen LogP contribution in [0.5, 0.6) is 0 Å². The van der Waals surface area contributed by atoms with Crippen molar-refractivity contribution in [2.45, 2.75) is 48.8 Å². The van der Waals surface area contributed by atoms with E-state index < -0.39 is 60.7 Å². The summed E-state index contributed by atoms with van der Waals surface area (Å²) in [6, 6.07) is -3.10. The number of carboxylic acid groups (broad SMARTS) is 1. The molecule has 2 heterocycles. The molecule has 0 radical (unpaired) electrons. The monoisotopic (exact) mass is 296 g/mol. The summed E-state index contributed by atoms with van der Waals surface area (Å²) in [5, 5.41) is 30.2. The highest BCUT2D eigenvalue weighted by Crippen LogP contribution is 2.36. The second-order valence-electron chi connectivity index (χ2n) is 4.87. The first-order valence-corrected chi connectivity index (χ1v) is 5.83. The molecule has 0 aromatic carbocycles. The number of carboxylic acids is 1. The molecule has 0 aromatic rings. The molecule has 0 spiro atoms. The molecule has 114 valence electrons. The molecule has 20 heavy (non-hydrogen) atoms. The number of carbonyl (C=O) groups excluding carboxylic acids is 1. The van der Waals surface area contributed by atoms with Crippen LogP contribution in [-0.4, -0.2) is 69.6 Å². The van der Waals surface area contributed by atoms with Gasteiger partial charge in [-0.25, -0.2) is 9.18 Å². The number of ether oxygens (including phenoxy) is 1. The molecule has 2 saturated heterocycles. The highest BCUT2D eigenvalue weighted by molar-refractivity contribution is 5.79. The predicted molar refractivity (Wildman–Crippen MR) is 57.8 cm³/mol. The lowest BCUT2D eigenvalue weighted by atomic mass is 9.87. The molecular weight excluding hydrogens is 282 g/mol. The number of rotatable bonds is 1. The summed E-state index contributed by atoms with van der Waals surface area (Å²) < 4.78 is 32.4. The minimum atomic E-state index is -3.75. The molecule has 7 atom stereocenters. The third kappa shape index (κ3) is 2.14. The van der Waals surface area contributed by atoms with E-state index in [1.807, 2.05) is 0 Å². The standard InChI is InChI=1S/C10H14F2N2O6/c11-8-4(13)5-7(20-10(8,12)9(18)19)6(17)2(15)1-3(16)14-5/h2,4-8,15,17H,1,13H2,(H,14,16)(H,18,19)/t2-,4?,5?,6-,7?,8?,10-/m1/s1. The molecule has 10 heteroatoms. The van der Waals surface area contributed by atoms with E-state index in [2.05, 4.69) is 10.1 Å². The van der Waals surface area contributed by atoms with Crippen LogP contribution in [0, 0.1) is 0 Å². The molecule has 1 amide bonds. The van der Waals surface area contributed by atoms with Crippen molar-refractivity contribution in [3.63, 3.8) is 0 Å².